The van der Waals surface area contributed by atoms with E-state index in [-0.39, 0.29) is 11.7 Å². The zero-order chi connectivity index (χ0) is 14.6. The molecule has 1 aliphatic rings. The van der Waals surface area contributed by atoms with Crippen LogP contribution in [0, 0.1) is 0 Å². The lowest BCUT2D eigenvalue weighted by atomic mass is 10.1. The molecule has 1 fully saturated rings. The van der Waals surface area contributed by atoms with Gasteiger partial charge in [0, 0.05) is 19.4 Å². The summed E-state index contributed by atoms with van der Waals surface area (Å²) in [7, 11) is 0. The standard InChI is InChI=1S/C17H31NO2/c1-2-3-4-5-6-7-8-9-10-13-17(20)18-14-11-12-16(19)15-18/h2-15H2,1H3. The van der Waals surface area contributed by atoms with Crippen LogP contribution in [0.15, 0.2) is 0 Å². The van der Waals surface area contributed by atoms with E-state index in [0.717, 1.165) is 25.8 Å². The van der Waals surface area contributed by atoms with E-state index in [1.807, 2.05) is 0 Å². The first kappa shape index (κ1) is 17.2. The minimum absolute atomic E-state index is 0.181. The van der Waals surface area contributed by atoms with Gasteiger partial charge in [-0.25, -0.2) is 0 Å². The number of nitrogens with zero attached hydrogens (tertiary/aromatic N) is 1. The number of hydrogen-bond donors (Lipinski definition) is 0. The molecule has 3 heteroatoms. The summed E-state index contributed by atoms with van der Waals surface area (Å²) in [6.07, 6.45) is 13.6. The molecule has 0 aromatic rings. The molecule has 0 aliphatic carbocycles. The van der Waals surface area contributed by atoms with E-state index < -0.39 is 0 Å². The van der Waals surface area contributed by atoms with Crippen molar-refractivity contribution >= 4 is 11.7 Å². The number of rotatable bonds is 10. The number of ketones is 1. The number of likely N-dealkylation sites (tertiary alicyclic amines) is 1. The number of piperidine rings is 1. The van der Waals surface area contributed by atoms with E-state index in [1.54, 1.807) is 4.90 Å². The molecular formula is C17H31NO2. The highest BCUT2D eigenvalue weighted by molar-refractivity contribution is 5.87. The zero-order valence-electron chi connectivity index (χ0n) is 13.2. The van der Waals surface area contributed by atoms with Crippen LogP contribution in [-0.2, 0) is 9.59 Å². The summed E-state index contributed by atoms with van der Waals surface area (Å²) in [6.45, 7) is 3.38. The molecule has 1 saturated heterocycles. The summed E-state index contributed by atoms with van der Waals surface area (Å²) in [6, 6.07) is 0. The predicted octanol–water partition coefficient (Wildman–Crippen LogP) is 4.10. The van der Waals surface area contributed by atoms with Crippen molar-refractivity contribution in [2.45, 2.75) is 84.0 Å². The molecule has 1 aliphatic heterocycles. The van der Waals surface area contributed by atoms with Gasteiger partial charge in [-0.3, -0.25) is 9.59 Å². The van der Waals surface area contributed by atoms with Crippen molar-refractivity contribution in [3.05, 3.63) is 0 Å². The van der Waals surface area contributed by atoms with Crippen LogP contribution in [0.4, 0.5) is 0 Å². The van der Waals surface area contributed by atoms with Crippen molar-refractivity contribution in [3.8, 4) is 0 Å². The van der Waals surface area contributed by atoms with Gasteiger partial charge in [0.25, 0.3) is 0 Å². The van der Waals surface area contributed by atoms with Gasteiger partial charge in [0.05, 0.1) is 6.54 Å². The van der Waals surface area contributed by atoms with E-state index in [4.69, 9.17) is 0 Å². The summed E-state index contributed by atoms with van der Waals surface area (Å²) in [5.41, 5.74) is 0. The lowest BCUT2D eigenvalue weighted by Crippen LogP contribution is -2.39. The van der Waals surface area contributed by atoms with E-state index in [1.165, 1.54) is 44.9 Å². The van der Waals surface area contributed by atoms with Gasteiger partial charge in [0.1, 0.15) is 0 Å². The summed E-state index contributed by atoms with van der Waals surface area (Å²) in [5, 5.41) is 0. The number of carbonyl (C=O) groups is 2. The number of Topliss-reactive ketones (excluding diaryl/α,β-unsaturated/α-hetero) is 1. The van der Waals surface area contributed by atoms with Gasteiger partial charge in [-0.2, -0.15) is 0 Å². The molecule has 0 saturated carbocycles. The first-order chi connectivity index (χ1) is 9.74. The Balaban J connectivity index is 1.93. The minimum atomic E-state index is 0.181. The maximum absolute atomic E-state index is 11.9. The van der Waals surface area contributed by atoms with Gasteiger partial charge in [-0.1, -0.05) is 58.3 Å². The molecule has 3 nitrogen and oxygen atoms in total. The Morgan fingerprint density at radius 3 is 2.20 bits per heavy atom. The lowest BCUT2D eigenvalue weighted by Gasteiger charge is -2.25. The monoisotopic (exact) mass is 281 g/mol. The second-order valence-electron chi connectivity index (χ2n) is 6.04. The number of amides is 1. The Morgan fingerprint density at radius 2 is 1.60 bits per heavy atom. The molecule has 0 aromatic heterocycles. The van der Waals surface area contributed by atoms with Crippen molar-refractivity contribution in [3.63, 3.8) is 0 Å². The molecule has 0 aromatic carbocycles. The van der Waals surface area contributed by atoms with E-state index in [9.17, 15) is 9.59 Å². The lowest BCUT2D eigenvalue weighted by molar-refractivity contribution is -0.137. The van der Waals surface area contributed by atoms with Gasteiger partial charge in [-0.15, -0.1) is 0 Å². The van der Waals surface area contributed by atoms with Crippen LogP contribution in [0.3, 0.4) is 0 Å². The smallest absolute Gasteiger partial charge is 0.222 e. The zero-order valence-corrected chi connectivity index (χ0v) is 13.2. The van der Waals surface area contributed by atoms with Gasteiger partial charge in [-0.05, 0) is 12.8 Å². The third kappa shape index (κ3) is 7.66. The quantitative estimate of drug-likeness (QED) is 0.565. The van der Waals surface area contributed by atoms with Crippen molar-refractivity contribution in [1.82, 2.24) is 4.90 Å². The van der Waals surface area contributed by atoms with Crippen LogP contribution in [0.2, 0.25) is 0 Å². The molecule has 1 heterocycles. The maximum Gasteiger partial charge on any atom is 0.222 e. The molecular weight excluding hydrogens is 250 g/mol. The Hall–Kier alpha value is -0.860. The largest absolute Gasteiger partial charge is 0.335 e. The van der Waals surface area contributed by atoms with Crippen LogP contribution in [0.25, 0.3) is 0 Å². The van der Waals surface area contributed by atoms with Crippen molar-refractivity contribution < 1.29 is 9.59 Å². The van der Waals surface area contributed by atoms with E-state index in [0.29, 0.717) is 19.4 Å². The maximum atomic E-state index is 11.9. The molecule has 0 radical (unpaired) electrons. The molecule has 1 rings (SSSR count). The molecule has 0 bridgehead atoms. The number of unbranched alkanes of at least 4 members (excludes halogenated alkanes) is 8. The SMILES string of the molecule is CCCCCCCCCCCC(=O)N1CCCC(=O)C1. The summed E-state index contributed by atoms with van der Waals surface area (Å²) in [5.74, 6) is 0.401. The summed E-state index contributed by atoms with van der Waals surface area (Å²) in [4.78, 5) is 25.0. The Morgan fingerprint density at radius 1 is 1.00 bits per heavy atom. The molecule has 0 atom stereocenters. The van der Waals surface area contributed by atoms with Gasteiger partial charge in [0.2, 0.25) is 5.91 Å². The molecule has 116 valence electrons. The summed E-state index contributed by atoms with van der Waals surface area (Å²) < 4.78 is 0. The predicted molar refractivity (Wildman–Crippen MR) is 82.7 cm³/mol. The first-order valence-corrected chi connectivity index (χ1v) is 8.53. The fourth-order valence-electron chi connectivity index (χ4n) is 2.80. The second kappa shape index (κ2) is 10.9. The van der Waals surface area contributed by atoms with Crippen LogP contribution in [0.1, 0.15) is 84.0 Å². The van der Waals surface area contributed by atoms with Crippen molar-refractivity contribution in [1.29, 1.82) is 0 Å². The Kier molecular flexibility index (Phi) is 9.35. The highest BCUT2D eigenvalue weighted by Gasteiger charge is 2.20. The summed E-state index contributed by atoms with van der Waals surface area (Å²) >= 11 is 0. The normalized spacial score (nSPS) is 15.7. The van der Waals surface area contributed by atoms with Crippen LogP contribution in [-0.4, -0.2) is 29.7 Å². The first-order valence-electron chi connectivity index (χ1n) is 8.53. The van der Waals surface area contributed by atoms with Crippen LogP contribution >= 0.6 is 0 Å². The molecule has 0 N–H and O–H groups in total. The van der Waals surface area contributed by atoms with Crippen LogP contribution in [0.5, 0.6) is 0 Å². The van der Waals surface area contributed by atoms with Gasteiger partial charge >= 0.3 is 0 Å². The van der Waals surface area contributed by atoms with Crippen molar-refractivity contribution in [2.75, 3.05) is 13.1 Å². The highest BCUT2D eigenvalue weighted by atomic mass is 16.2. The molecule has 20 heavy (non-hydrogen) atoms. The average Bonchev–Trinajstić information content (AvgIpc) is 2.45. The number of hydrogen-bond acceptors (Lipinski definition) is 2. The molecule has 1 amide bonds. The third-order valence-corrected chi connectivity index (χ3v) is 4.10. The van der Waals surface area contributed by atoms with E-state index >= 15 is 0 Å². The van der Waals surface area contributed by atoms with Crippen LogP contribution < -0.4 is 0 Å². The highest BCUT2D eigenvalue weighted by Crippen LogP contribution is 2.12. The second-order valence-corrected chi connectivity index (χ2v) is 6.04. The Bertz CT molecular complexity index is 289. The van der Waals surface area contributed by atoms with Gasteiger partial charge in [0.15, 0.2) is 5.78 Å². The average molecular weight is 281 g/mol. The fourth-order valence-corrected chi connectivity index (χ4v) is 2.80. The minimum Gasteiger partial charge on any atom is -0.335 e. The van der Waals surface area contributed by atoms with Gasteiger partial charge < -0.3 is 4.90 Å². The Labute approximate surface area is 124 Å². The van der Waals surface area contributed by atoms with E-state index in [2.05, 4.69) is 6.92 Å². The fraction of sp³-hybridized carbons (Fsp3) is 0.882. The number of carbonyl (C=O) groups excluding carboxylic acids is 2. The topological polar surface area (TPSA) is 37.4 Å². The molecule has 0 spiro atoms. The molecule has 0 unspecified atom stereocenters. The third-order valence-electron chi connectivity index (χ3n) is 4.10. The van der Waals surface area contributed by atoms with Crippen molar-refractivity contribution in [2.24, 2.45) is 0 Å².